The molecule has 0 spiro atoms. The van der Waals surface area contributed by atoms with Gasteiger partial charge in [-0.1, -0.05) is 71.7 Å². The number of hydrogen-bond donors (Lipinski definition) is 0. The molecule has 0 radical (unpaired) electrons. The van der Waals surface area contributed by atoms with Crippen LogP contribution in [0.25, 0.3) is 0 Å². The smallest absolute Gasteiger partial charge is 0.245 e. The van der Waals surface area contributed by atoms with Crippen LogP contribution in [0, 0.1) is 0 Å². The Morgan fingerprint density at radius 1 is 1.00 bits per heavy atom. The number of carbonyl (C=O) groups is 1. The highest BCUT2D eigenvalue weighted by molar-refractivity contribution is 6.35. The van der Waals surface area contributed by atoms with Crippen LogP contribution in [-0.2, 0) is 17.8 Å². The molecular weight excluding hydrogens is 453 g/mol. The third-order valence-electron chi connectivity index (χ3n) is 4.89. The average molecular weight is 477 g/mol. The van der Waals surface area contributed by atoms with Crippen molar-refractivity contribution in [3.05, 3.63) is 99.5 Å². The fourth-order valence-electron chi connectivity index (χ4n) is 3.25. The third kappa shape index (κ3) is 6.64. The van der Waals surface area contributed by atoms with Crippen molar-refractivity contribution in [2.24, 2.45) is 0 Å². The van der Waals surface area contributed by atoms with E-state index in [2.05, 4.69) is 0 Å². The molecule has 0 heterocycles. The molecule has 1 unspecified atom stereocenters. The molecule has 0 aliphatic heterocycles. The highest BCUT2D eigenvalue weighted by Gasteiger charge is 2.24. The minimum atomic E-state index is -0.760. The summed E-state index contributed by atoms with van der Waals surface area (Å²) in [6.45, 7) is 3.47. The van der Waals surface area contributed by atoms with Gasteiger partial charge in [-0.05, 0) is 54.3 Å². The van der Waals surface area contributed by atoms with Gasteiger partial charge < -0.3 is 9.64 Å². The molecule has 0 saturated heterocycles. The fraction of sp³-hybridized carbons (Fsp3) is 0.240. The molecular formula is C25H24Cl3NO2. The van der Waals surface area contributed by atoms with Crippen LogP contribution in [0.4, 0.5) is 0 Å². The van der Waals surface area contributed by atoms with Crippen molar-refractivity contribution in [3.63, 3.8) is 0 Å². The topological polar surface area (TPSA) is 29.5 Å². The van der Waals surface area contributed by atoms with E-state index >= 15 is 0 Å². The summed E-state index contributed by atoms with van der Waals surface area (Å²) in [5, 5.41) is 0.414. The van der Waals surface area contributed by atoms with Gasteiger partial charge >= 0.3 is 0 Å². The molecule has 1 atom stereocenters. The number of rotatable bonds is 9. The van der Waals surface area contributed by atoms with Crippen LogP contribution in [-0.4, -0.2) is 24.0 Å². The third-order valence-corrected chi connectivity index (χ3v) is 5.92. The predicted molar refractivity (Wildman–Crippen MR) is 128 cm³/mol. The maximum absolute atomic E-state index is 13.3. The van der Waals surface area contributed by atoms with E-state index in [-0.39, 0.29) is 5.91 Å². The summed E-state index contributed by atoms with van der Waals surface area (Å²) in [4.78, 5) is 15.1. The number of carbonyl (C=O) groups excluding carboxylic acids is 1. The number of alkyl halides is 1. The zero-order valence-electron chi connectivity index (χ0n) is 17.2. The molecule has 3 rings (SSSR count). The summed E-state index contributed by atoms with van der Waals surface area (Å²) < 4.78 is 5.51. The van der Waals surface area contributed by atoms with E-state index in [1.807, 2.05) is 67.6 Å². The van der Waals surface area contributed by atoms with Gasteiger partial charge in [0.2, 0.25) is 5.91 Å². The van der Waals surface area contributed by atoms with Crippen LogP contribution in [0.5, 0.6) is 5.75 Å². The molecule has 31 heavy (non-hydrogen) atoms. The number of amides is 1. The maximum Gasteiger partial charge on any atom is 0.245 e. The van der Waals surface area contributed by atoms with Crippen LogP contribution in [0.1, 0.15) is 29.0 Å². The number of benzene rings is 3. The van der Waals surface area contributed by atoms with Crippen LogP contribution in [0.15, 0.2) is 72.8 Å². The Balaban J connectivity index is 1.79. The second kappa shape index (κ2) is 11.4. The summed E-state index contributed by atoms with van der Waals surface area (Å²) in [5.41, 5.74) is 2.70. The fourth-order valence-corrected chi connectivity index (χ4v) is 4.04. The van der Waals surface area contributed by atoms with E-state index < -0.39 is 5.38 Å². The highest BCUT2D eigenvalue weighted by atomic mass is 35.5. The molecule has 1 amide bonds. The number of halogens is 3. The highest BCUT2D eigenvalue weighted by Crippen LogP contribution is 2.26. The van der Waals surface area contributed by atoms with E-state index in [4.69, 9.17) is 39.5 Å². The first-order chi connectivity index (χ1) is 15.0. The minimum Gasteiger partial charge on any atom is -0.494 e. The van der Waals surface area contributed by atoms with E-state index in [0.717, 1.165) is 22.4 Å². The van der Waals surface area contributed by atoms with Crippen molar-refractivity contribution in [3.8, 4) is 5.75 Å². The van der Waals surface area contributed by atoms with Crippen LogP contribution in [0.3, 0.4) is 0 Å². The number of hydrogen-bond acceptors (Lipinski definition) is 2. The molecule has 0 bridgehead atoms. The predicted octanol–water partition coefficient (Wildman–Crippen LogP) is 6.94. The van der Waals surface area contributed by atoms with Crippen LogP contribution < -0.4 is 4.74 Å². The first kappa shape index (κ1) is 23.5. The normalized spacial score (nSPS) is 11.7. The van der Waals surface area contributed by atoms with Crippen molar-refractivity contribution in [1.29, 1.82) is 0 Å². The Labute approximate surface area is 198 Å². The Kier molecular flexibility index (Phi) is 8.65. The lowest BCUT2D eigenvalue weighted by Gasteiger charge is -2.26. The van der Waals surface area contributed by atoms with Crippen molar-refractivity contribution in [2.45, 2.75) is 25.3 Å². The molecule has 0 N–H and O–H groups in total. The monoisotopic (exact) mass is 475 g/mol. The molecule has 0 saturated carbocycles. The summed E-state index contributed by atoms with van der Waals surface area (Å²) in [7, 11) is 0. The molecule has 0 aliphatic carbocycles. The Morgan fingerprint density at radius 2 is 1.71 bits per heavy atom. The van der Waals surface area contributed by atoms with E-state index in [0.29, 0.717) is 36.2 Å². The van der Waals surface area contributed by atoms with Crippen molar-refractivity contribution in [1.82, 2.24) is 4.90 Å². The van der Waals surface area contributed by atoms with Crippen LogP contribution >= 0.6 is 34.8 Å². The Morgan fingerprint density at radius 3 is 2.35 bits per heavy atom. The van der Waals surface area contributed by atoms with E-state index in [9.17, 15) is 4.79 Å². The Bertz CT molecular complexity index is 993. The van der Waals surface area contributed by atoms with Gasteiger partial charge in [-0.15, -0.1) is 11.6 Å². The maximum atomic E-state index is 13.3. The van der Waals surface area contributed by atoms with Gasteiger partial charge in [-0.25, -0.2) is 0 Å². The van der Waals surface area contributed by atoms with E-state index in [1.54, 1.807) is 17.0 Å². The van der Waals surface area contributed by atoms with Gasteiger partial charge in [0.05, 0.1) is 6.61 Å². The van der Waals surface area contributed by atoms with Crippen LogP contribution in [0.2, 0.25) is 10.0 Å². The zero-order chi connectivity index (χ0) is 22.2. The zero-order valence-corrected chi connectivity index (χ0v) is 19.5. The number of nitrogens with zero attached hydrogens (tertiary/aromatic N) is 1. The first-order valence-electron chi connectivity index (χ1n) is 10.1. The second-order valence-electron chi connectivity index (χ2n) is 7.10. The molecule has 3 aromatic rings. The van der Waals surface area contributed by atoms with E-state index in [1.165, 1.54) is 0 Å². The SMILES string of the molecule is CCOc1ccc(CN(CCc2ccc(Cl)cc2Cl)C(=O)C(Cl)c2ccccc2)cc1. The molecule has 3 aromatic carbocycles. The number of ether oxygens (including phenoxy) is 1. The van der Waals surface area contributed by atoms with Gasteiger partial charge in [0.25, 0.3) is 0 Å². The molecule has 0 aliphatic rings. The summed E-state index contributed by atoms with van der Waals surface area (Å²) >= 11 is 18.9. The molecule has 0 aromatic heterocycles. The molecule has 162 valence electrons. The lowest BCUT2D eigenvalue weighted by Crippen LogP contribution is -2.35. The van der Waals surface area contributed by atoms with Crippen molar-refractivity contribution < 1.29 is 9.53 Å². The lowest BCUT2D eigenvalue weighted by atomic mass is 10.1. The first-order valence-corrected chi connectivity index (χ1v) is 11.3. The second-order valence-corrected chi connectivity index (χ2v) is 8.38. The van der Waals surface area contributed by atoms with Gasteiger partial charge in [-0.3, -0.25) is 4.79 Å². The molecule has 6 heteroatoms. The molecule has 0 fully saturated rings. The largest absolute Gasteiger partial charge is 0.494 e. The Hall–Kier alpha value is -2.20. The summed E-state index contributed by atoms with van der Waals surface area (Å²) in [6, 6.07) is 22.5. The summed E-state index contributed by atoms with van der Waals surface area (Å²) in [6.07, 6.45) is 0.594. The standard InChI is InChI=1S/C25H24Cl3NO2/c1-2-31-22-12-8-18(9-13-22)17-29(15-14-19-10-11-21(26)16-23(19)27)25(30)24(28)20-6-4-3-5-7-20/h3-13,16,24H,2,14-15,17H2,1H3. The average Bonchev–Trinajstić information content (AvgIpc) is 2.78. The van der Waals surface area contributed by atoms with Gasteiger partial charge in [0.1, 0.15) is 11.1 Å². The van der Waals surface area contributed by atoms with Gasteiger partial charge in [0.15, 0.2) is 0 Å². The minimum absolute atomic E-state index is 0.146. The quantitative estimate of drug-likeness (QED) is 0.313. The van der Waals surface area contributed by atoms with Gasteiger partial charge in [0, 0.05) is 23.1 Å². The van der Waals surface area contributed by atoms with Gasteiger partial charge in [-0.2, -0.15) is 0 Å². The van der Waals surface area contributed by atoms with Crippen molar-refractivity contribution >= 4 is 40.7 Å². The summed E-state index contributed by atoms with van der Waals surface area (Å²) in [5.74, 6) is 0.656. The molecule has 3 nitrogen and oxygen atoms in total. The van der Waals surface area contributed by atoms with Crippen molar-refractivity contribution in [2.75, 3.05) is 13.2 Å². The lowest BCUT2D eigenvalue weighted by molar-refractivity contribution is -0.131.